The van der Waals surface area contributed by atoms with Crippen LogP contribution < -0.4 is 10.2 Å². The molecule has 144 valence electrons. The minimum Gasteiger partial charge on any atom is -0.371 e. The minimum absolute atomic E-state index is 0.00918. The molecule has 1 amide bonds. The topological polar surface area (TPSA) is 61.0 Å². The second-order valence-corrected chi connectivity index (χ2v) is 7.70. The van der Waals surface area contributed by atoms with Crippen molar-refractivity contribution in [1.29, 1.82) is 0 Å². The standard InChI is InChI=1S/C21H20Cl2N4O/c22-17-7-6-15(12-18(17)23)19-13-20(26-25-19)24-21(28)14-8-10-27(11-9-14)16-4-2-1-3-5-16/h1-7,12-14H,8-11H2,(H2,24,25,26,28). The first-order valence-corrected chi connectivity index (χ1v) is 9.97. The summed E-state index contributed by atoms with van der Waals surface area (Å²) in [5, 5.41) is 11.0. The van der Waals surface area contributed by atoms with Crippen molar-refractivity contribution in [3.8, 4) is 11.3 Å². The van der Waals surface area contributed by atoms with E-state index < -0.39 is 0 Å². The summed E-state index contributed by atoms with van der Waals surface area (Å²) in [5.41, 5.74) is 2.84. The van der Waals surface area contributed by atoms with Gasteiger partial charge in [-0.25, -0.2) is 0 Å². The fourth-order valence-electron chi connectivity index (χ4n) is 3.46. The van der Waals surface area contributed by atoms with Gasteiger partial charge in [0.2, 0.25) is 5.91 Å². The van der Waals surface area contributed by atoms with E-state index >= 15 is 0 Å². The number of amides is 1. The number of aromatic nitrogens is 2. The normalized spacial score (nSPS) is 14.9. The second kappa shape index (κ2) is 8.25. The quantitative estimate of drug-likeness (QED) is 0.613. The van der Waals surface area contributed by atoms with E-state index in [-0.39, 0.29) is 11.8 Å². The summed E-state index contributed by atoms with van der Waals surface area (Å²) >= 11 is 12.0. The highest BCUT2D eigenvalue weighted by Crippen LogP contribution is 2.29. The summed E-state index contributed by atoms with van der Waals surface area (Å²) in [5.74, 6) is 0.515. The van der Waals surface area contributed by atoms with Gasteiger partial charge in [0, 0.05) is 36.3 Å². The van der Waals surface area contributed by atoms with E-state index in [0.717, 1.165) is 37.2 Å². The van der Waals surface area contributed by atoms with Crippen LogP contribution >= 0.6 is 23.2 Å². The number of anilines is 2. The Bertz CT molecular complexity index is 966. The number of hydrogen-bond donors (Lipinski definition) is 2. The molecule has 2 N–H and O–H groups in total. The van der Waals surface area contributed by atoms with Gasteiger partial charge in [0.25, 0.3) is 0 Å². The maximum Gasteiger partial charge on any atom is 0.228 e. The molecule has 0 unspecified atom stereocenters. The number of carbonyl (C=O) groups is 1. The van der Waals surface area contributed by atoms with E-state index in [4.69, 9.17) is 23.2 Å². The molecule has 4 rings (SSSR count). The molecule has 0 radical (unpaired) electrons. The Morgan fingerprint density at radius 2 is 1.79 bits per heavy atom. The number of H-pyrrole nitrogens is 1. The van der Waals surface area contributed by atoms with Crippen molar-refractivity contribution in [3.05, 3.63) is 64.6 Å². The molecular formula is C21H20Cl2N4O. The van der Waals surface area contributed by atoms with Crippen LogP contribution in [0.4, 0.5) is 11.5 Å². The van der Waals surface area contributed by atoms with E-state index in [1.807, 2.05) is 24.3 Å². The Morgan fingerprint density at radius 1 is 1.04 bits per heavy atom. The summed E-state index contributed by atoms with van der Waals surface area (Å²) in [7, 11) is 0. The van der Waals surface area contributed by atoms with Gasteiger partial charge in [0.15, 0.2) is 5.82 Å². The lowest BCUT2D eigenvalue weighted by Gasteiger charge is -2.32. The van der Waals surface area contributed by atoms with E-state index in [0.29, 0.717) is 15.9 Å². The molecule has 1 aromatic heterocycles. The number of nitrogens with one attached hydrogen (secondary N) is 2. The van der Waals surface area contributed by atoms with Crippen molar-refractivity contribution in [3.63, 3.8) is 0 Å². The molecule has 5 nitrogen and oxygen atoms in total. The first-order valence-electron chi connectivity index (χ1n) is 9.22. The van der Waals surface area contributed by atoms with Gasteiger partial charge < -0.3 is 10.2 Å². The Morgan fingerprint density at radius 3 is 2.50 bits per heavy atom. The van der Waals surface area contributed by atoms with E-state index in [1.54, 1.807) is 18.2 Å². The molecule has 0 atom stereocenters. The highest BCUT2D eigenvalue weighted by atomic mass is 35.5. The van der Waals surface area contributed by atoms with Gasteiger partial charge in [-0.05, 0) is 37.1 Å². The van der Waals surface area contributed by atoms with Crippen molar-refractivity contribution in [1.82, 2.24) is 10.2 Å². The van der Waals surface area contributed by atoms with Crippen LogP contribution in [0.1, 0.15) is 12.8 Å². The molecular weight excluding hydrogens is 395 g/mol. The van der Waals surface area contributed by atoms with E-state index in [1.165, 1.54) is 5.69 Å². The largest absolute Gasteiger partial charge is 0.371 e. The fraction of sp³-hybridized carbons (Fsp3) is 0.238. The second-order valence-electron chi connectivity index (χ2n) is 6.88. The fourth-order valence-corrected chi connectivity index (χ4v) is 3.76. The van der Waals surface area contributed by atoms with Crippen LogP contribution in [0.3, 0.4) is 0 Å². The van der Waals surface area contributed by atoms with Gasteiger partial charge in [0.05, 0.1) is 15.7 Å². The molecule has 0 saturated carbocycles. The zero-order valence-electron chi connectivity index (χ0n) is 15.2. The Hall–Kier alpha value is -2.50. The maximum atomic E-state index is 12.6. The molecule has 28 heavy (non-hydrogen) atoms. The monoisotopic (exact) mass is 414 g/mol. The average Bonchev–Trinajstić information content (AvgIpc) is 3.19. The molecule has 1 aliphatic rings. The lowest BCUT2D eigenvalue weighted by molar-refractivity contribution is -0.120. The molecule has 3 aromatic rings. The van der Waals surface area contributed by atoms with Crippen LogP contribution in [0.15, 0.2) is 54.6 Å². The number of piperidine rings is 1. The van der Waals surface area contributed by atoms with Crippen LogP contribution in [-0.2, 0) is 4.79 Å². The van der Waals surface area contributed by atoms with Crippen molar-refractivity contribution < 1.29 is 4.79 Å². The molecule has 7 heteroatoms. The number of nitrogens with zero attached hydrogens (tertiary/aromatic N) is 2. The van der Waals surface area contributed by atoms with Gasteiger partial charge >= 0.3 is 0 Å². The highest BCUT2D eigenvalue weighted by molar-refractivity contribution is 6.42. The number of hydrogen-bond acceptors (Lipinski definition) is 3. The van der Waals surface area contributed by atoms with Crippen molar-refractivity contribution in [2.24, 2.45) is 5.92 Å². The van der Waals surface area contributed by atoms with E-state index in [2.05, 4.69) is 32.5 Å². The lowest BCUT2D eigenvalue weighted by Crippen LogP contribution is -2.38. The number of aromatic amines is 1. The van der Waals surface area contributed by atoms with Gasteiger partial charge in [-0.1, -0.05) is 47.5 Å². The summed E-state index contributed by atoms with van der Waals surface area (Å²) in [6.07, 6.45) is 1.65. The first-order chi connectivity index (χ1) is 13.6. The molecule has 0 bridgehead atoms. The summed E-state index contributed by atoms with van der Waals surface area (Å²) in [6, 6.07) is 17.5. The van der Waals surface area contributed by atoms with Crippen molar-refractivity contribution >= 4 is 40.6 Å². The number of rotatable bonds is 4. The Kier molecular flexibility index (Phi) is 5.55. The van der Waals surface area contributed by atoms with Gasteiger partial charge in [-0.15, -0.1) is 0 Å². The van der Waals surface area contributed by atoms with Gasteiger partial charge in [-0.3, -0.25) is 9.89 Å². The highest BCUT2D eigenvalue weighted by Gasteiger charge is 2.25. The average molecular weight is 415 g/mol. The number of carbonyl (C=O) groups excluding carboxylic acids is 1. The van der Waals surface area contributed by atoms with Crippen LogP contribution in [0.5, 0.6) is 0 Å². The molecule has 2 aromatic carbocycles. The molecule has 2 heterocycles. The zero-order valence-corrected chi connectivity index (χ0v) is 16.7. The molecule has 1 saturated heterocycles. The third-order valence-corrected chi connectivity index (χ3v) is 5.79. The smallest absolute Gasteiger partial charge is 0.228 e. The molecule has 1 fully saturated rings. The van der Waals surface area contributed by atoms with Crippen molar-refractivity contribution in [2.45, 2.75) is 12.8 Å². The molecule has 1 aliphatic heterocycles. The van der Waals surface area contributed by atoms with Gasteiger partial charge in [-0.2, -0.15) is 5.10 Å². The summed E-state index contributed by atoms with van der Waals surface area (Å²) in [6.45, 7) is 1.74. The summed E-state index contributed by atoms with van der Waals surface area (Å²) < 4.78 is 0. The lowest BCUT2D eigenvalue weighted by atomic mass is 9.95. The molecule has 0 spiro atoms. The predicted molar refractivity (Wildman–Crippen MR) is 114 cm³/mol. The minimum atomic E-state index is -0.00918. The summed E-state index contributed by atoms with van der Waals surface area (Å²) in [4.78, 5) is 15.0. The van der Waals surface area contributed by atoms with Crippen LogP contribution in [0.25, 0.3) is 11.3 Å². The van der Waals surface area contributed by atoms with Crippen LogP contribution in [0, 0.1) is 5.92 Å². The third-order valence-electron chi connectivity index (χ3n) is 5.05. The van der Waals surface area contributed by atoms with Gasteiger partial charge in [0.1, 0.15) is 0 Å². The van der Waals surface area contributed by atoms with Crippen molar-refractivity contribution in [2.75, 3.05) is 23.3 Å². The zero-order chi connectivity index (χ0) is 19.5. The van der Waals surface area contributed by atoms with E-state index in [9.17, 15) is 4.79 Å². The number of halogens is 2. The first kappa shape index (κ1) is 18.8. The SMILES string of the molecule is O=C(Nc1cc(-c2ccc(Cl)c(Cl)c2)[nH]n1)C1CCN(c2ccccc2)CC1. The predicted octanol–water partition coefficient (Wildman–Crippen LogP) is 5.24. The molecule has 0 aliphatic carbocycles. The Labute approximate surface area is 173 Å². The third kappa shape index (κ3) is 4.16. The number of benzene rings is 2. The Balaban J connectivity index is 1.36. The maximum absolute atomic E-state index is 12.6. The number of para-hydroxylation sites is 1. The van der Waals surface area contributed by atoms with Crippen LogP contribution in [-0.4, -0.2) is 29.2 Å². The van der Waals surface area contributed by atoms with Crippen LogP contribution in [0.2, 0.25) is 10.0 Å².